The monoisotopic (exact) mass is 187 g/mol. The first-order valence-corrected chi connectivity index (χ1v) is 5.10. The summed E-state index contributed by atoms with van der Waals surface area (Å²) in [6.45, 7) is 6.53. The number of hydroxylamine groups is 1. The lowest BCUT2D eigenvalue weighted by molar-refractivity contribution is -0.148. The lowest BCUT2D eigenvalue weighted by Gasteiger charge is -2.14. The minimum absolute atomic E-state index is 0.273. The molecule has 0 fully saturated rings. The van der Waals surface area contributed by atoms with Crippen molar-refractivity contribution in [1.82, 2.24) is 5.48 Å². The van der Waals surface area contributed by atoms with Gasteiger partial charge < -0.3 is 4.84 Å². The molecule has 0 aromatic heterocycles. The topological polar surface area (TPSA) is 38.3 Å². The van der Waals surface area contributed by atoms with E-state index < -0.39 is 0 Å². The first-order valence-electron chi connectivity index (χ1n) is 5.10. The summed E-state index contributed by atoms with van der Waals surface area (Å²) in [5.74, 6) is 0.352. The molecule has 0 amide bonds. The molecule has 0 aliphatic carbocycles. The van der Waals surface area contributed by atoms with Gasteiger partial charge in [0.05, 0.1) is 0 Å². The van der Waals surface area contributed by atoms with Crippen LogP contribution >= 0.6 is 0 Å². The maximum Gasteiger partial charge on any atom is 0.321 e. The second-order valence-electron chi connectivity index (χ2n) is 3.36. The van der Waals surface area contributed by atoms with Crippen LogP contribution in [0.3, 0.4) is 0 Å². The molecule has 3 heteroatoms. The van der Waals surface area contributed by atoms with Gasteiger partial charge in [0.1, 0.15) is 0 Å². The minimum atomic E-state index is -0.273. The second kappa shape index (κ2) is 8.05. The van der Waals surface area contributed by atoms with E-state index in [9.17, 15) is 4.79 Å². The minimum Gasteiger partial charge on any atom is -0.371 e. The molecule has 78 valence electrons. The second-order valence-corrected chi connectivity index (χ2v) is 3.36. The van der Waals surface area contributed by atoms with Gasteiger partial charge in [0.25, 0.3) is 0 Å². The highest BCUT2D eigenvalue weighted by atomic mass is 16.7. The summed E-state index contributed by atoms with van der Waals surface area (Å²) < 4.78 is 0. The van der Waals surface area contributed by atoms with E-state index in [1.54, 1.807) is 0 Å². The number of unbranched alkanes of at least 4 members (excludes halogenated alkanes) is 1. The van der Waals surface area contributed by atoms with Crippen molar-refractivity contribution >= 4 is 5.97 Å². The van der Waals surface area contributed by atoms with Gasteiger partial charge in [-0.3, -0.25) is 4.79 Å². The Morgan fingerprint density at radius 3 is 2.62 bits per heavy atom. The smallest absolute Gasteiger partial charge is 0.321 e. The SMILES string of the molecule is CCCCC(CC)CNOC(C)=O. The van der Waals surface area contributed by atoms with E-state index in [0.717, 1.165) is 13.0 Å². The van der Waals surface area contributed by atoms with Crippen molar-refractivity contribution in [3.8, 4) is 0 Å². The molecule has 0 aromatic rings. The van der Waals surface area contributed by atoms with E-state index in [1.807, 2.05) is 0 Å². The Bertz CT molecular complexity index is 137. The van der Waals surface area contributed by atoms with Gasteiger partial charge >= 0.3 is 5.97 Å². The molecular formula is C10H21NO2. The number of carbonyl (C=O) groups is 1. The van der Waals surface area contributed by atoms with Crippen LogP contribution in [-0.2, 0) is 9.63 Å². The van der Waals surface area contributed by atoms with E-state index >= 15 is 0 Å². The van der Waals surface area contributed by atoms with Crippen LogP contribution in [0, 0.1) is 5.92 Å². The Kier molecular flexibility index (Phi) is 7.69. The van der Waals surface area contributed by atoms with Gasteiger partial charge in [-0.05, 0) is 12.3 Å². The van der Waals surface area contributed by atoms with Gasteiger partial charge in [0.2, 0.25) is 0 Å². The normalized spacial score (nSPS) is 12.5. The van der Waals surface area contributed by atoms with Gasteiger partial charge in [-0.2, -0.15) is 5.48 Å². The standard InChI is InChI=1S/C10H21NO2/c1-4-6-7-10(5-2)8-11-13-9(3)12/h10-11H,4-8H2,1-3H3. The molecule has 0 saturated carbocycles. The summed E-state index contributed by atoms with van der Waals surface area (Å²) in [4.78, 5) is 15.1. The molecule has 0 spiro atoms. The van der Waals surface area contributed by atoms with E-state index in [0.29, 0.717) is 5.92 Å². The summed E-state index contributed by atoms with van der Waals surface area (Å²) in [5, 5.41) is 0. The number of carbonyl (C=O) groups excluding carboxylic acids is 1. The van der Waals surface area contributed by atoms with Gasteiger partial charge in [0, 0.05) is 13.5 Å². The third kappa shape index (κ3) is 7.78. The fraction of sp³-hybridized carbons (Fsp3) is 0.900. The quantitative estimate of drug-likeness (QED) is 0.621. The lowest BCUT2D eigenvalue weighted by atomic mass is 10.00. The van der Waals surface area contributed by atoms with Crippen LogP contribution in [0.2, 0.25) is 0 Å². The van der Waals surface area contributed by atoms with Gasteiger partial charge in [0.15, 0.2) is 0 Å². The van der Waals surface area contributed by atoms with Crippen molar-refractivity contribution in [3.63, 3.8) is 0 Å². The number of hydrogen-bond acceptors (Lipinski definition) is 3. The van der Waals surface area contributed by atoms with Crippen molar-refractivity contribution in [2.24, 2.45) is 5.92 Å². The number of nitrogens with one attached hydrogen (secondary N) is 1. The van der Waals surface area contributed by atoms with E-state index in [-0.39, 0.29) is 5.97 Å². The summed E-state index contributed by atoms with van der Waals surface area (Å²) >= 11 is 0. The van der Waals surface area contributed by atoms with E-state index in [2.05, 4.69) is 24.2 Å². The molecule has 0 aliphatic heterocycles. The fourth-order valence-electron chi connectivity index (χ4n) is 1.20. The summed E-state index contributed by atoms with van der Waals surface area (Å²) in [6, 6.07) is 0. The van der Waals surface area contributed by atoms with Gasteiger partial charge in [-0.25, -0.2) is 0 Å². The summed E-state index contributed by atoms with van der Waals surface area (Å²) in [7, 11) is 0. The van der Waals surface area contributed by atoms with E-state index in [1.165, 1.54) is 26.2 Å². The van der Waals surface area contributed by atoms with Crippen LogP contribution in [0.1, 0.15) is 46.5 Å². The molecule has 0 aliphatic rings. The van der Waals surface area contributed by atoms with Crippen LogP contribution < -0.4 is 5.48 Å². The summed E-state index contributed by atoms with van der Waals surface area (Å²) in [5.41, 5.74) is 2.70. The molecular weight excluding hydrogens is 166 g/mol. The van der Waals surface area contributed by atoms with Crippen molar-refractivity contribution in [2.45, 2.75) is 46.5 Å². The predicted molar refractivity (Wildman–Crippen MR) is 53.1 cm³/mol. The van der Waals surface area contributed by atoms with Crippen LogP contribution in [0.5, 0.6) is 0 Å². The number of rotatable bonds is 7. The molecule has 0 radical (unpaired) electrons. The predicted octanol–water partition coefficient (Wildman–Crippen LogP) is 2.27. The molecule has 0 heterocycles. The molecule has 1 unspecified atom stereocenters. The highest BCUT2D eigenvalue weighted by Crippen LogP contribution is 2.10. The molecule has 1 N–H and O–H groups in total. The summed E-state index contributed by atoms with van der Waals surface area (Å²) in [6.07, 6.45) is 4.82. The average Bonchev–Trinajstić information content (AvgIpc) is 2.10. The highest BCUT2D eigenvalue weighted by molar-refractivity contribution is 5.65. The van der Waals surface area contributed by atoms with Gasteiger partial charge in [-0.15, -0.1) is 0 Å². The Labute approximate surface area is 80.8 Å². The first kappa shape index (κ1) is 12.4. The molecule has 13 heavy (non-hydrogen) atoms. The maximum absolute atomic E-state index is 10.4. The Morgan fingerprint density at radius 1 is 1.46 bits per heavy atom. The zero-order valence-corrected chi connectivity index (χ0v) is 8.93. The Morgan fingerprint density at radius 2 is 2.15 bits per heavy atom. The Hall–Kier alpha value is -0.570. The molecule has 0 aromatic carbocycles. The van der Waals surface area contributed by atoms with Crippen LogP contribution in [0.25, 0.3) is 0 Å². The van der Waals surface area contributed by atoms with Gasteiger partial charge in [-0.1, -0.05) is 33.1 Å². The zero-order valence-electron chi connectivity index (χ0n) is 8.93. The van der Waals surface area contributed by atoms with E-state index in [4.69, 9.17) is 0 Å². The number of hydrogen-bond donors (Lipinski definition) is 1. The van der Waals surface area contributed by atoms with Crippen molar-refractivity contribution in [2.75, 3.05) is 6.54 Å². The van der Waals surface area contributed by atoms with Crippen molar-refractivity contribution < 1.29 is 9.63 Å². The third-order valence-corrected chi connectivity index (χ3v) is 2.13. The molecule has 3 nitrogen and oxygen atoms in total. The zero-order chi connectivity index (χ0) is 10.1. The Balaban J connectivity index is 3.41. The van der Waals surface area contributed by atoms with Crippen LogP contribution in [0.15, 0.2) is 0 Å². The molecule has 0 bridgehead atoms. The van der Waals surface area contributed by atoms with Crippen molar-refractivity contribution in [3.05, 3.63) is 0 Å². The first-order chi connectivity index (χ1) is 6.20. The molecule has 0 rings (SSSR count). The largest absolute Gasteiger partial charge is 0.371 e. The maximum atomic E-state index is 10.4. The molecule has 0 saturated heterocycles. The van der Waals surface area contributed by atoms with Crippen LogP contribution in [-0.4, -0.2) is 12.5 Å². The van der Waals surface area contributed by atoms with Crippen LogP contribution in [0.4, 0.5) is 0 Å². The highest BCUT2D eigenvalue weighted by Gasteiger charge is 2.05. The third-order valence-electron chi connectivity index (χ3n) is 2.13. The fourth-order valence-corrected chi connectivity index (χ4v) is 1.20. The lowest BCUT2D eigenvalue weighted by Crippen LogP contribution is -2.24. The molecule has 1 atom stereocenters. The average molecular weight is 187 g/mol. The van der Waals surface area contributed by atoms with Crippen molar-refractivity contribution in [1.29, 1.82) is 0 Å².